The highest BCUT2D eigenvalue weighted by Crippen LogP contribution is 2.74. The summed E-state index contributed by atoms with van der Waals surface area (Å²) >= 11 is 0. The lowest BCUT2D eigenvalue weighted by Crippen LogP contribution is -2.55. The molecular formula is C25H38O3. The van der Waals surface area contributed by atoms with Crippen LogP contribution >= 0.6 is 0 Å². The van der Waals surface area contributed by atoms with E-state index in [1.54, 1.807) is 11.6 Å². The molecule has 0 saturated heterocycles. The zero-order chi connectivity index (χ0) is 19.9. The second-order valence-corrected chi connectivity index (χ2v) is 10.2. The molecular weight excluding hydrogens is 348 g/mol. The van der Waals surface area contributed by atoms with E-state index < -0.39 is 12.2 Å². The Morgan fingerprint density at radius 3 is 2.54 bits per heavy atom. The molecule has 0 bridgehead atoms. The van der Waals surface area contributed by atoms with Gasteiger partial charge in [0, 0.05) is 6.61 Å². The monoisotopic (exact) mass is 386 g/mol. The van der Waals surface area contributed by atoms with Gasteiger partial charge in [0.05, 0.1) is 12.2 Å². The van der Waals surface area contributed by atoms with E-state index in [1.807, 2.05) is 0 Å². The van der Waals surface area contributed by atoms with E-state index in [9.17, 15) is 10.2 Å². The van der Waals surface area contributed by atoms with Gasteiger partial charge in [0.15, 0.2) is 0 Å². The van der Waals surface area contributed by atoms with E-state index in [0.717, 1.165) is 17.4 Å². The molecule has 4 aliphatic carbocycles. The third-order valence-electron chi connectivity index (χ3n) is 8.79. The van der Waals surface area contributed by atoms with Crippen LogP contribution in [0.2, 0.25) is 0 Å². The highest BCUT2D eigenvalue weighted by atomic mass is 16.3. The number of aliphatic hydroxyl groups is 3. The summed E-state index contributed by atoms with van der Waals surface area (Å²) in [5.41, 5.74) is 4.62. The fourth-order valence-electron chi connectivity index (χ4n) is 7.44. The number of aliphatic hydroxyl groups excluding tert-OH is 3. The summed E-state index contributed by atoms with van der Waals surface area (Å²) in [6.07, 6.45) is 16.3. The molecule has 4 aliphatic rings. The first-order valence-corrected chi connectivity index (χ1v) is 11.5. The summed E-state index contributed by atoms with van der Waals surface area (Å²) in [6.45, 7) is 4.93. The second-order valence-electron chi connectivity index (χ2n) is 10.2. The second kappa shape index (κ2) is 7.74. The minimum absolute atomic E-state index is 0.0545. The van der Waals surface area contributed by atoms with Crippen LogP contribution in [0.1, 0.15) is 78.1 Å². The minimum Gasteiger partial charge on any atom is -0.396 e. The van der Waals surface area contributed by atoms with Gasteiger partial charge in [-0.15, -0.1) is 0 Å². The van der Waals surface area contributed by atoms with Gasteiger partial charge < -0.3 is 15.3 Å². The van der Waals surface area contributed by atoms with Crippen molar-refractivity contribution in [2.45, 2.75) is 90.3 Å². The summed E-state index contributed by atoms with van der Waals surface area (Å²) in [5, 5.41) is 29.8. The average Bonchev–Trinajstić information content (AvgIpc) is 2.99. The molecule has 0 heterocycles. The highest BCUT2D eigenvalue weighted by molar-refractivity contribution is 5.32. The Kier molecular flexibility index (Phi) is 5.63. The largest absolute Gasteiger partial charge is 0.396 e. The van der Waals surface area contributed by atoms with Crippen LogP contribution in [-0.2, 0) is 0 Å². The molecule has 28 heavy (non-hydrogen) atoms. The number of hydrogen-bond acceptors (Lipinski definition) is 3. The van der Waals surface area contributed by atoms with Crippen molar-refractivity contribution < 1.29 is 15.3 Å². The Labute approximate surface area is 170 Å². The van der Waals surface area contributed by atoms with Crippen LogP contribution in [0, 0.1) is 22.7 Å². The molecule has 0 radical (unpaired) electrons. The lowest BCUT2D eigenvalue weighted by molar-refractivity contribution is -0.126. The molecule has 0 aromatic rings. The molecule has 1 spiro atoms. The van der Waals surface area contributed by atoms with Crippen LogP contribution in [0.5, 0.6) is 0 Å². The summed E-state index contributed by atoms with van der Waals surface area (Å²) in [5.74, 6) is 1.69. The van der Waals surface area contributed by atoms with Crippen LogP contribution in [-0.4, -0.2) is 34.1 Å². The zero-order valence-electron chi connectivity index (χ0n) is 17.7. The van der Waals surface area contributed by atoms with E-state index in [2.05, 4.69) is 26.0 Å². The lowest BCUT2D eigenvalue weighted by atomic mass is 9.41. The van der Waals surface area contributed by atoms with Crippen molar-refractivity contribution >= 4 is 0 Å². The van der Waals surface area contributed by atoms with Gasteiger partial charge in [-0.2, -0.15) is 0 Å². The van der Waals surface area contributed by atoms with Crippen molar-refractivity contribution in [2.75, 3.05) is 6.61 Å². The maximum atomic E-state index is 10.4. The summed E-state index contributed by atoms with van der Waals surface area (Å²) in [7, 11) is 0. The van der Waals surface area contributed by atoms with Crippen molar-refractivity contribution in [2.24, 2.45) is 22.7 Å². The molecule has 4 fully saturated rings. The Morgan fingerprint density at radius 2 is 1.86 bits per heavy atom. The van der Waals surface area contributed by atoms with E-state index >= 15 is 0 Å². The van der Waals surface area contributed by atoms with Gasteiger partial charge in [-0.25, -0.2) is 0 Å². The summed E-state index contributed by atoms with van der Waals surface area (Å²) < 4.78 is 0. The predicted molar refractivity (Wildman–Crippen MR) is 113 cm³/mol. The summed E-state index contributed by atoms with van der Waals surface area (Å²) in [4.78, 5) is 0. The first-order valence-electron chi connectivity index (χ1n) is 11.5. The van der Waals surface area contributed by atoms with Crippen LogP contribution in [0.15, 0.2) is 34.9 Å². The van der Waals surface area contributed by atoms with Crippen LogP contribution in [0.4, 0.5) is 0 Å². The fourth-order valence-corrected chi connectivity index (χ4v) is 7.44. The molecule has 3 nitrogen and oxygen atoms in total. The quantitative estimate of drug-likeness (QED) is 0.615. The van der Waals surface area contributed by atoms with Gasteiger partial charge in [0.2, 0.25) is 0 Å². The van der Waals surface area contributed by atoms with Crippen molar-refractivity contribution in [3.8, 4) is 0 Å². The summed E-state index contributed by atoms with van der Waals surface area (Å²) in [6, 6.07) is 0. The number of rotatable bonds is 4. The third-order valence-corrected chi connectivity index (χ3v) is 8.79. The fraction of sp³-hybridized carbons (Fsp3) is 0.760. The molecule has 6 atom stereocenters. The van der Waals surface area contributed by atoms with Gasteiger partial charge in [0.1, 0.15) is 0 Å². The van der Waals surface area contributed by atoms with Gasteiger partial charge in [-0.1, -0.05) is 49.6 Å². The van der Waals surface area contributed by atoms with Gasteiger partial charge >= 0.3 is 0 Å². The molecule has 2 unspecified atom stereocenters. The first kappa shape index (κ1) is 20.4. The normalized spacial score (nSPS) is 44.1. The molecule has 4 saturated carbocycles. The molecule has 0 aromatic heterocycles. The Hall–Kier alpha value is -0.900. The maximum absolute atomic E-state index is 10.4. The topological polar surface area (TPSA) is 60.7 Å². The standard InChI is InChI=1S/C25H38O3/c1-3-24(2)16-25-12-4-6-18(20(25)10-11-23(24)25)9-8-17-14-21(27)19(7-5-13-26)22(28)15-17/h7-9,20-23,26-28H,3-6,10-16H2,1-2H3/b17-8?,18-9+,19-7?/t20?,21-,22-,23?,24+,25-/m1/s1. The Bertz CT molecular complexity index is 674. The van der Waals surface area contributed by atoms with Gasteiger partial charge in [-0.05, 0) is 86.0 Å². The molecule has 3 heteroatoms. The van der Waals surface area contributed by atoms with Crippen LogP contribution in [0.3, 0.4) is 0 Å². The van der Waals surface area contributed by atoms with Crippen molar-refractivity contribution in [3.63, 3.8) is 0 Å². The van der Waals surface area contributed by atoms with Gasteiger partial charge in [0.25, 0.3) is 0 Å². The molecule has 156 valence electrons. The third kappa shape index (κ3) is 3.24. The molecule has 0 amide bonds. The van der Waals surface area contributed by atoms with Crippen molar-refractivity contribution in [3.05, 3.63) is 34.9 Å². The van der Waals surface area contributed by atoms with Gasteiger partial charge in [-0.3, -0.25) is 0 Å². The Morgan fingerprint density at radius 1 is 1.11 bits per heavy atom. The molecule has 0 aromatic carbocycles. The van der Waals surface area contributed by atoms with E-state index in [1.165, 1.54) is 44.9 Å². The number of allylic oxidation sites excluding steroid dienone is 3. The number of hydrogen-bond donors (Lipinski definition) is 3. The highest BCUT2D eigenvalue weighted by Gasteiger charge is 2.66. The van der Waals surface area contributed by atoms with Crippen molar-refractivity contribution in [1.29, 1.82) is 0 Å². The minimum atomic E-state index is -0.620. The van der Waals surface area contributed by atoms with Crippen LogP contribution in [0.25, 0.3) is 0 Å². The molecule has 4 rings (SSSR count). The van der Waals surface area contributed by atoms with Crippen molar-refractivity contribution in [1.82, 2.24) is 0 Å². The van der Waals surface area contributed by atoms with E-state index in [-0.39, 0.29) is 6.61 Å². The first-order chi connectivity index (χ1) is 13.4. The van der Waals surface area contributed by atoms with E-state index in [0.29, 0.717) is 35.7 Å². The average molecular weight is 387 g/mol. The lowest BCUT2D eigenvalue weighted by Gasteiger charge is -2.63. The molecule has 3 N–H and O–H groups in total. The smallest absolute Gasteiger partial charge is 0.0812 e. The van der Waals surface area contributed by atoms with Crippen LogP contribution < -0.4 is 0 Å². The zero-order valence-corrected chi connectivity index (χ0v) is 17.7. The Balaban J connectivity index is 1.48. The maximum Gasteiger partial charge on any atom is 0.0812 e. The SMILES string of the molecule is CC[C@@]1(C)C[C@]23CCC/C(=C\C=C4C[C@@H](O)C(=CCCO)[C@H](O)C4)C2CCC13. The predicted octanol–water partition coefficient (Wildman–Crippen LogP) is 4.68. The molecule has 0 aliphatic heterocycles. The van der Waals surface area contributed by atoms with E-state index in [4.69, 9.17) is 5.11 Å².